The van der Waals surface area contributed by atoms with Gasteiger partial charge in [-0.2, -0.15) is 0 Å². The Hall–Kier alpha value is -5.55. The van der Waals surface area contributed by atoms with Crippen molar-refractivity contribution in [1.82, 2.24) is 0 Å². The summed E-state index contributed by atoms with van der Waals surface area (Å²) in [5.74, 6) is -0.239. The largest absolute Gasteiger partial charge is 0.456 e. The molecule has 8 rings (SSSR count). The van der Waals surface area contributed by atoms with E-state index in [2.05, 4.69) is 176 Å². The molecular weight excluding hydrogens is 764 g/mol. The number of rotatable bonds is 16. The molecule has 0 bridgehead atoms. The van der Waals surface area contributed by atoms with Crippen molar-refractivity contribution < 1.29 is 13.2 Å². The average Bonchev–Trinajstić information content (AvgIpc) is 3.83. The molecule has 2 unspecified atom stereocenters. The summed E-state index contributed by atoms with van der Waals surface area (Å²) in [4.78, 5) is 4.90. The molecule has 4 nitrogen and oxygen atoms in total. The van der Waals surface area contributed by atoms with Crippen LogP contribution in [0.1, 0.15) is 124 Å². The number of halogens is 1. The minimum absolute atomic E-state index is 0.0683. The molecule has 0 saturated heterocycles. The highest BCUT2D eigenvalue weighted by Gasteiger charge is 2.52. The highest BCUT2D eigenvalue weighted by Crippen LogP contribution is 2.54. The third-order valence-electron chi connectivity index (χ3n) is 14.4. The number of aryl methyl sites for hydroxylation is 1. The maximum atomic E-state index is 13.9. The molecule has 0 aliphatic carbocycles. The summed E-state index contributed by atoms with van der Waals surface area (Å²) in [5, 5.41) is 4.51. The van der Waals surface area contributed by atoms with Crippen molar-refractivity contribution >= 4 is 66.6 Å². The Bertz CT molecular complexity index is 2830. The third kappa shape index (κ3) is 7.46. The Balaban J connectivity index is 1.30. The van der Waals surface area contributed by atoms with Crippen molar-refractivity contribution in [2.24, 2.45) is 0 Å². The summed E-state index contributed by atoms with van der Waals surface area (Å²) >= 11 is 0. The number of benzene rings is 6. The van der Waals surface area contributed by atoms with Gasteiger partial charge in [0.2, 0.25) is 0 Å². The number of furan rings is 2. The predicted molar refractivity (Wildman–Crippen MR) is 263 cm³/mol. The second-order valence-electron chi connectivity index (χ2n) is 18.9. The lowest BCUT2D eigenvalue weighted by Crippen LogP contribution is -2.60. The fourth-order valence-electron chi connectivity index (χ4n) is 10.4. The minimum Gasteiger partial charge on any atom is -0.456 e. The van der Waals surface area contributed by atoms with E-state index in [-0.39, 0.29) is 28.2 Å². The molecule has 0 aliphatic rings. The summed E-state index contributed by atoms with van der Waals surface area (Å²) in [6.45, 7) is 22.9. The maximum Gasteiger partial charge on any atom is 0.137 e. The van der Waals surface area contributed by atoms with Gasteiger partial charge in [-0.3, -0.25) is 0 Å². The third-order valence-corrected chi connectivity index (χ3v) is 14.4. The first-order valence-electron chi connectivity index (χ1n) is 23.1. The predicted octanol–water partition coefficient (Wildman–Crippen LogP) is 17.4. The quantitative estimate of drug-likeness (QED) is 0.0971. The molecule has 2 heterocycles. The van der Waals surface area contributed by atoms with Crippen LogP contribution < -0.4 is 9.80 Å². The van der Waals surface area contributed by atoms with Gasteiger partial charge in [-0.25, -0.2) is 4.39 Å². The Kier molecular flexibility index (Phi) is 11.8. The maximum absolute atomic E-state index is 13.9. The number of hydrogen-bond acceptors (Lipinski definition) is 4. The second-order valence-corrected chi connectivity index (χ2v) is 18.9. The van der Waals surface area contributed by atoms with Crippen LogP contribution in [0.2, 0.25) is 0 Å². The van der Waals surface area contributed by atoms with Crippen LogP contribution in [0.3, 0.4) is 0 Å². The van der Waals surface area contributed by atoms with Crippen molar-refractivity contribution in [2.45, 2.75) is 137 Å². The van der Waals surface area contributed by atoms with Gasteiger partial charge in [0, 0.05) is 67.9 Å². The van der Waals surface area contributed by atoms with Crippen LogP contribution >= 0.6 is 0 Å². The summed E-state index contributed by atoms with van der Waals surface area (Å²) < 4.78 is 27.6. The number of anilines is 4. The van der Waals surface area contributed by atoms with E-state index in [9.17, 15) is 4.39 Å². The minimum atomic E-state index is -0.329. The summed E-state index contributed by atoms with van der Waals surface area (Å²) in [7, 11) is 0. The molecule has 5 heteroatoms. The summed E-state index contributed by atoms with van der Waals surface area (Å²) in [6.07, 6.45) is 7.21. The standard InChI is InChI=1S/C57H65FN2O2/c1-11-15-33-56(10,41-19-29-48-49-30-26-45(36-53(49)62-52(48)35-41)59(38(5)6)43-24-20-42(58)21-25-43)57(14-4,32-12-2)60(44-22-16-39(7)17-23-44)46-27-31-50-47-28-18-40(55(8,9)13-3)34-51(47)61-54(50)37-46/h16-31,34-38H,11-15,32-33H2,1-10H3. The molecule has 0 spiro atoms. The fraction of sp³-hybridized carbons (Fsp3) is 0.368. The normalized spacial score (nSPS) is 14.3. The van der Waals surface area contributed by atoms with E-state index >= 15 is 0 Å². The van der Waals surface area contributed by atoms with Crippen molar-refractivity contribution in [3.05, 3.63) is 144 Å². The van der Waals surface area contributed by atoms with Gasteiger partial charge in [-0.05, 0) is 136 Å². The van der Waals surface area contributed by atoms with Crippen LogP contribution in [-0.4, -0.2) is 11.6 Å². The molecule has 2 atom stereocenters. The van der Waals surface area contributed by atoms with Gasteiger partial charge in [0.15, 0.2) is 0 Å². The molecule has 0 saturated carbocycles. The molecule has 6 aromatic carbocycles. The smallest absolute Gasteiger partial charge is 0.137 e. The number of fused-ring (bicyclic) bond motifs is 6. The van der Waals surface area contributed by atoms with E-state index in [1.165, 1.54) is 34.5 Å². The lowest BCUT2D eigenvalue weighted by Gasteiger charge is -2.56. The van der Waals surface area contributed by atoms with Crippen LogP contribution in [0.4, 0.5) is 27.1 Å². The van der Waals surface area contributed by atoms with Crippen LogP contribution in [0, 0.1) is 12.7 Å². The van der Waals surface area contributed by atoms with Crippen LogP contribution in [0.15, 0.2) is 130 Å². The molecular formula is C57H65FN2O2. The summed E-state index contributed by atoms with van der Waals surface area (Å²) in [6, 6.07) is 43.2. The lowest BCUT2D eigenvalue weighted by molar-refractivity contribution is 0.189. The van der Waals surface area contributed by atoms with E-state index in [4.69, 9.17) is 8.83 Å². The molecule has 8 aromatic rings. The van der Waals surface area contributed by atoms with E-state index in [1.54, 1.807) is 0 Å². The molecule has 322 valence electrons. The monoisotopic (exact) mass is 829 g/mol. The SMILES string of the molecule is CCCCC(C)(c1ccc2c(c1)oc1cc(N(c3ccc(F)cc3)C(C)C)ccc12)C(CC)(CCC)N(c1ccc(C)cc1)c1ccc2c(c1)oc1cc(C(C)(C)CC)ccc12. The highest BCUT2D eigenvalue weighted by atomic mass is 19.1. The zero-order valence-corrected chi connectivity index (χ0v) is 38.7. The van der Waals surface area contributed by atoms with E-state index in [0.717, 1.165) is 106 Å². The molecule has 62 heavy (non-hydrogen) atoms. The molecule has 0 radical (unpaired) electrons. The van der Waals surface area contributed by atoms with Gasteiger partial charge in [0.25, 0.3) is 0 Å². The first kappa shape index (κ1) is 43.1. The number of hydrogen-bond donors (Lipinski definition) is 0. The Morgan fingerprint density at radius 1 is 0.532 bits per heavy atom. The number of unbranched alkanes of at least 4 members (excludes halogenated alkanes) is 1. The van der Waals surface area contributed by atoms with E-state index in [1.807, 2.05) is 12.1 Å². The van der Waals surface area contributed by atoms with Crippen LogP contribution in [0.25, 0.3) is 43.9 Å². The van der Waals surface area contributed by atoms with Crippen molar-refractivity contribution in [2.75, 3.05) is 9.80 Å². The van der Waals surface area contributed by atoms with Gasteiger partial charge < -0.3 is 18.6 Å². The molecule has 0 aliphatic heterocycles. The van der Waals surface area contributed by atoms with Gasteiger partial charge in [-0.1, -0.05) is 110 Å². The Labute approximate surface area is 368 Å². The van der Waals surface area contributed by atoms with Crippen molar-refractivity contribution in [3.8, 4) is 0 Å². The highest BCUT2D eigenvalue weighted by molar-refractivity contribution is 6.07. The van der Waals surface area contributed by atoms with E-state index < -0.39 is 0 Å². The van der Waals surface area contributed by atoms with Gasteiger partial charge >= 0.3 is 0 Å². The van der Waals surface area contributed by atoms with Gasteiger partial charge in [0.05, 0.1) is 5.54 Å². The Morgan fingerprint density at radius 3 is 1.58 bits per heavy atom. The zero-order chi connectivity index (χ0) is 44.0. The van der Waals surface area contributed by atoms with Crippen molar-refractivity contribution in [1.29, 1.82) is 0 Å². The van der Waals surface area contributed by atoms with Gasteiger partial charge in [-0.15, -0.1) is 0 Å². The first-order valence-corrected chi connectivity index (χ1v) is 23.1. The zero-order valence-electron chi connectivity index (χ0n) is 38.7. The van der Waals surface area contributed by atoms with E-state index in [0.29, 0.717) is 0 Å². The number of nitrogens with zero attached hydrogens (tertiary/aromatic N) is 2. The topological polar surface area (TPSA) is 32.8 Å². The molecule has 0 N–H and O–H groups in total. The molecule has 2 aromatic heterocycles. The Morgan fingerprint density at radius 2 is 1.03 bits per heavy atom. The molecule has 0 fully saturated rings. The van der Waals surface area contributed by atoms with Crippen LogP contribution in [0.5, 0.6) is 0 Å². The second kappa shape index (κ2) is 17.0. The van der Waals surface area contributed by atoms with Crippen molar-refractivity contribution in [3.63, 3.8) is 0 Å². The van der Waals surface area contributed by atoms with Crippen LogP contribution in [-0.2, 0) is 10.8 Å². The lowest BCUT2D eigenvalue weighted by atomic mass is 9.59. The van der Waals surface area contributed by atoms with Gasteiger partial charge in [0.1, 0.15) is 28.1 Å². The molecule has 0 amide bonds. The fourth-order valence-corrected chi connectivity index (χ4v) is 10.4. The average molecular weight is 829 g/mol. The summed E-state index contributed by atoms with van der Waals surface area (Å²) in [5.41, 5.74) is 11.2. The first-order chi connectivity index (χ1) is 29.8.